The van der Waals surface area contributed by atoms with Crippen molar-refractivity contribution in [2.24, 2.45) is 0 Å². The SMILES string of the molecule is C=CCN(CCO)C(=O)c1cc2ccc(Br)cc2[nH]1. The zero-order chi connectivity index (χ0) is 13.8. The van der Waals surface area contributed by atoms with Crippen molar-refractivity contribution < 1.29 is 9.90 Å². The highest BCUT2D eigenvalue weighted by Gasteiger charge is 2.16. The average Bonchev–Trinajstić information content (AvgIpc) is 2.80. The minimum Gasteiger partial charge on any atom is -0.395 e. The van der Waals surface area contributed by atoms with Crippen LogP contribution in [0.3, 0.4) is 0 Å². The van der Waals surface area contributed by atoms with Crippen molar-refractivity contribution in [2.45, 2.75) is 0 Å². The lowest BCUT2D eigenvalue weighted by molar-refractivity contribution is 0.0738. The van der Waals surface area contributed by atoms with E-state index in [9.17, 15) is 4.79 Å². The van der Waals surface area contributed by atoms with Crippen LogP contribution in [0.2, 0.25) is 0 Å². The van der Waals surface area contributed by atoms with Gasteiger partial charge in [0.15, 0.2) is 0 Å². The second-order valence-corrected chi connectivity index (χ2v) is 5.09. The highest BCUT2D eigenvalue weighted by Crippen LogP contribution is 2.21. The van der Waals surface area contributed by atoms with Gasteiger partial charge in [-0.25, -0.2) is 0 Å². The van der Waals surface area contributed by atoms with Gasteiger partial charge in [-0.3, -0.25) is 4.79 Å². The number of rotatable bonds is 5. The van der Waals surface area contributed by atoms with Crippen molar-refractivity contribution >= 4 is 32.7 Å². The van der Waals surface area contributed by atoms with E-state index in [1.807, 2.05) is 24.3 Å². The van der Waals surface area contributed by atoms with Crippen LogP contribution in [-0.2, 0) is 0 Å². The first kappa shape index (κ1) is 13.8. The Morgan fingerprint density at radius 3 is 2.95 bits per heavy atom. The highest BCUT2D eigenvalue weighted by atomic mass is 79.9. The molecule has 0 radical (unpaired) electrons. The predicted molar refractivity (Wildman–Crippen MR) is 79.2 cm³/mol. The molecule has 1 aromatic heterocycles. The minimum absolute atomic E-state index is 0.0641. The Balaban J connectivity index is 2.31. The summed E-state index contributed by atoms with van der Waals surface area (Å²) in [6, 6.07) is 7.61. The van der Waals surface area contributed by atoms with Crippen LogP contribution in [0.15, 0.2) is 41.4 Å². The minimum atomic E-state index is -0.138. The molecule has 4 nitrogen and oxygen atoms in total. The molecule has 5 heteroatoms. The van der Waals surface area contributed by atoms with E-state index in [2.05, 4.69) is 27.5 Å². The number of nitrogens with zero attached hydrogens (tertiary/aromatic N) is 1. The van der Waals surface area contributed by atoms with Gasteiger partial charge in [0.1, 0.15) is 5.69 Å². The van der Waals surface area contributed by atoms with Gasteiger partial charge in [0, 0.05) is 28.5 Å². The third kappa shape index (κ3) is 3.05. The number of hydrogen-bond donors (Lipinski definition) is 2. The highest BCUT2D eigenvalue weighted by molar-refractivity contribution is 9.10. The van der Waals surface area contributed by atoms with Gasteiger partial charge in [-0.1, -0.05) is 28.1 Å². The summed E-state index contributed by atoms with van der Waals surface area (Å²) in [6.07, 6.45) is 1.65. The zero-order valence-electron chi connectivity index (χ0n) is 10.4. The molecule has 0 aliphatic carbocycles. The molecule has 0 bridgehead atoms. The molecule has 1 aromatic carbocycles. The normalized spacial score (nSPS) is 10.6. The van der Waals surface area contributed by atoms with E-state index in [0.29, 0.717) is 18.8 Å². The second kappa shape index (κ2) is 6.04. The van der Waals surface area contributed by atoms with Crippen LogP contribution in [0.5, 0.6) is 0 Å². The first-order chi connectivity index (χ1) is 9.15. The topological polar surface area (TPSA) is 56.3 Å². The quantitative estimate of drug-likeness (QED) is 0.831. The van der Waals surface area contributed by atoms with Crippen molar-refractivity contribution in [1.29, 1.82) is 0 Å². The zero-order valence-corrected chi connectivity index (χ0v) is 12.0. The van der Waals surface area contributed by atoms with Crippen LogP contribution in [0.1, 0.15) is 10.5 Å². The first-order valence-electron chi connectivity index (χ1n) is 5.95. The number of H-pyrrole nitrogens is 1. The van der Waals surface area contributed by atoms with Crippen molar-refractivity contribution in [3.63, 3.8) is 0 Å². The van der Waals surface area contributed by atoms with Crippen molar-refractivity contribution in [3.05, 3.63) is 47.1 Å². The summed E-state index contributed by atoms with van der Waals surface area (Å²) >= 11 is 3.40. The Morgan fingerprint density at radius 2 is 2.26 bits per heavy atom. The van der Waals surface area contributed by atoms with Gasteiger partial charge >= 0.3 is 0 Å². The first-order valence-corrected chi connectivity index (χ1v) is 6.74. The number of aromatic nitrogens is 1. The van der Waals surface area contributed by atoms with Crippen LogP contribution >= 0.6 is 15.9 Å². The third-order valence-corrected chi connectivity index (χ3v) is 3.31. The van der Waals surface area contributed by atoms with Crippen LogP contribution < -0.4 is 0 Å². The molecule has 1 heterocycles. The smallest absolute Gasteiger partial charge is 0.270 e. The van der Waals surface area contributed by atoms with E-state index < -0.39 is 0 Å². The van der Waals surface area contributed by atoms with Crippen LogP contribution in [0, 0.1) is 0 Å². The van der Waals surface area contributed by atoms with Gasteiger partial charge in [-0.2, -0.15) is 0 Å². The molecule has 0 atom stereocenters. The Bertz CT molecular complexity index is 607. The maximum atomic E-state index is 12.3. The number of amides is 1. The number of benzene rings is 1. The molecule has 0 spiro atoms. The van der Waals surface area contributed by atoms with Crippen LogP contribution in [-0.4, -0.2) is 40.6 Å². The van der Waals surface area contributed by atoms with Gasteiger partial charge < -0.3 is 15.0 Å². The summed E-state index contributed by atoms with van der Waals surface area (Å²) in [4.78, 5) is 16.9. The second-order valence-electron chi connectivity index (χ2n) is 4.18. The van der Waals surface area contributed by atoms with Gasteiger partial charge in [0.05, 0.1) is 6.61 Å². The molecule has 0 aliphatic heterocycles. The summed E-state index contributed by atoms with van der Waals surface area (Å²) in [5.74, 6) is -0.138. The van der Waals surface area contributed by atoms with Gasteiger partial charge in [-0.15, -0.1) is 6.58 Å². The fraction of sp³-hybridized carbons (Fsp3) is 0.214. The van der Waals surface area contributed by atoms with E-state index in [4.69, 9.17) is 5.11 Å². The Kier molecular flexibility index (Phi) is 4.39. The number of aromatic amines is 1. The lowest BCUT2D eigenvalue weighted by Gasteiger charge is -2.18. The Morgan fingerprint density at radius 1 is 1.47 bits per heavy atom. The van der Waals surface area contributed by atoms with E-state index in [1.54, 1.807) is 11.0 Å². The van der Waals surface area contributed by atoms with E-state index in [-0.39, 0.29) is 12.5 Å². The predicted octanol–water partition coefficient (Wildman–Crippen LogP) is 2.55. The molecule has 0 fully saturated rings. The fourth-order valence-electron chi connectivity index (χ4n) is 1.94. The molecule has 0 unspecified atom stereocenters. The molecule has 2 aromatic rings. The maximum absolute atomic E-state index is 12.3. The lowest BCUT2D eigenvalue weighted by Crippen LogP contribution is -2.33. The number of halogens is 1. The largest absolute Gasteiger partial charge is 0.395 e. The van der Waals surface area contributed by atoms with Gasteiger partial charge in [0.25, 0.3) is 5.91 Å². The Labute approximate surface area is 119 Å². The number of aliphatic hydroxyl groups is 1. The molecule has 2 N–H and O–H groups in total. The van der Waals surface area contributed by atoms with Crippen molar-refractivity contribution in [1.82, 2.24) is 9.88 Å². The fourth-order valence-corrected chi connectivity index (χ4v) is 2.30. The van der Waals surface area contributed by atoms with E-state index >= 15 is 0 Å². The van der Waals surface area contributed by atoms with Gasteiger partial charge in [0.2, 0.25) is 0 Å². The summed E-state index contributed by atoms with van der Waals surface area (Å²) in [5.41, 5.74) is 1.42. The van der Waals surface area contributed by atoms with Crippen molar-refractivity contribution in [3.8, 4) is 0 Å². The maximum Gasteiger partial charge on any atom is 0.270 e. The number of nitrogens with one attached hydrogen (secondary N) is 1. The molecule has 1 amide bonds. The number of aliphatic hydroxyl groups excluding tert-OH is 1. The number of fused-ring (bicyclic) bond motifs is 1. The molecule has 0 saturated carbocycles. The molecule has 0 aliphatic rings. The summed E-state index contributed by atoms with van der Waals surface area (Å²) < 4.78 is 0.958. The molecule has 2 rings (SSSR count). The third-order valence-electron chi connectivity index (χ3n) is 2.82. The van der Waals surface area contributed by atoms with Crippen LogP contribution in [0.4, 0.5) is 0 Å². The molecule has 19 heavy (non-hydrogen) atoms. The molecule has 100 valence electrons. The van der Waals surface area contributed by atoms with Crippen LogP contribution in [0.25, 0.3) is 10.9 Å². The van der Waals surface area contributed by atoms with Crippen molar-refractivity contribution in [2.75, 3.05) is 19.7 Å². The molecular formula is C14H15BrN2O2. The van der Waals surface area contributed by atoms with Gasteiger partial charge in [-0.05, 0) is 18.2 Å². The summed E-state index contributed by atoms with van der Waals surface area (Å²) in [6.45, 7) is 4.27. The lowest BCUT2D eigenvalue weighted by atomic mass is 10.2. The Hall–Kier alpha value is -1.59. The molecular weight excluding hydrogens is 308 g/mol. The number of hydrogen-bond acceptors (Lipinski definition) is 2. The molecule has 0 saturated heterocycles. The standard InChI is InChI=1S/C14H15BrN2O2/c1-2-5-17(6-7-18)14(19)13-8-10-3-4-11(15)9-12(10)16-13/h2-4,8-9,16,18H,1,5-7H2. The monoisotopic (exact) mass is 322 g/mol. The van der Waals surface area contributed by atoms with E-state index in [1.165, 1.54) is 0 Å². The number of carbonyl (C=O) groups excluding carboxylic acids is 1. The van der Waals surface area contributed by atoms with E-state index in [0.717, 1.165) is 15.4 Å². The number of carbonyl (C=O) groups is 1. The average molecular weight is 323 g/mol. The summed E-state index contributed by atoms with van der Waals surface area (Å²) in [7, 11) is 0. The summed E-state index contributed by atoms with van der Waals surface area (Å²) in [5, 5.41) is 9.97.